The van der Waals surface area contributed by atoms with Gasteiger partial charge in [0.15, 0.2) is 0 Å². The minimum absolute atomic E-state index is 0.0760. The molecule has 0 bridgehead atoms. The number of benzene rings is 2. The Morgan fingerprint density at radius 1 is 0.952 bits per heavy atom. The Kier molecular flexibility index (Phi) is 3.66. The zero-order valence-electron chi connectivity index (χ0n) is 10.6. The molecule has 0 saturated heterocycles. The highest BCUT2D eigenvalue weighted by atomic mass is 16.4. The fourth-order valence-electron chi connectivity index (χ4n) is 1.76. The maximum Gasteiger partial charge on any atom is 0.337 e. The Labute approximate surface area is 118 Å². The second-order valence-corrected chi connectivity index (χ2v) is 4.16. The van der Waals surface area contributed by atoms with Gasteiger partial charge in [0, 0.05) is 0 Å². The van der Waals surface area contributed by atoms with E-state index in [4.69, 9.17) is 5.11 Å². The molecule has 7 nitrogen and oxygen atoms in total. The molecule has 0 aliphatic heterocycles. The second-order valence-electron chi connectivity index (χ2n) is 4.16. The van der Waals surface area contributed by atoms with Crippen molar-refractivity contribution in [3.63, 3.8) is 0 Å². The largest absolute Gasteiger partial charge is 0.508 e. The van der Waals surface area contributed by atoms with Crippen molar-refractivity contribution >= 4 is 17.6 Å². The van der Waals surface area contributed by atoms with Crippen LogP contribution in [-0.4, -0.2) is 32.3 Å². The molecule has 2 aromatic carbocycles. The quantitative estimate of drug-likeness (QED) is 0.548. The number of aromatic hydroxyl groups is 3. The minimum Gasteiger partial charge on any atom is -0.508 e. The van der Waals surface area contributed by atoms with Gasteiger partial charge in [0.25, 0.3) is 5.91 Å². The highest BCUT2D eigenvalue weighted by Crippen LogP contribution is 2.28. The average Bonchev–Trinajstić information content (AvgIpc) is 2.40. The molecule has 5 N–H and O–H groups in total. The van der Waals surface area contributed by atoms with Gasteiger partial charge in [0.2, 0.25) is 0 Å². The van der Waals surface area contributed by atoms with Crippen LogP contribution < -0.4 is 5.32 Å². The fourth-order valence-corrected chi connectivity index (χ4v) is 1.76. The molecule has 0 heterocycles. The number of aromatic carboxylic acids is 1. The van der Waals surface area contributed by atoms with Crippen LogP contribution in [0.1, 0.15) is 20.7 Å². The monoisotopic (exact) mass is 289 g/mol. The van der Waals surface area contributed by atoms with Gasteiger partial charge in [-0.3, -0.25) is 4.79 Å². The molecule has 0 fully saturated rings. The molecule has 0 aromatic heterocycles. The van der Waals surface area contributed by atoms with Crippen molar-refractivity contribution < 1.29 is 30.0 Å². The van der Waals surface area contributed by atoms with Gasteiger partial charge < -0.3 is 25.7 Å². The first-order valence-corrected chi connectivity index (χ1v) is 5.78. The van der Waals surface area contributed by atoms with Crippen molar-refractivity contribution in [2.45, 2.75) is 0 Å². The summed E-state index contributed by atoms with van der Waals surface area (Å²) in [6, 6.07) is 7.15. The van der Waals surface area contributed by atoms with E-state index in [1.54, 1.807) is 0 Å². The van der Waals surface area contributed by atoms with Gasteiger partial charge in [-0.25, -0.2) is 4.79 Å². The van der Waals surface area contributed by atoms with Gasteiger partial charge in [-0.15, -0.1) is 0 Å². The second kappa shape index (κ2) is 5.41. The minimum atomic E-state index is -1.34. The van der Waals surface area contributed by atoms with Crippen LogP contribution in [0.4, 0.5) is 5.69 Å². The van der Waals surface area contributed by atoms with Crippen LogP contribution in [0.25, 0.3) is 0 Å². The first-order chi connectivity index (χ1) is 9.90. The summed E-state index contributed by atoms with van der Waals surface area (Å²) in [6.07, 6.45) is 0. The van der Waals surface area contributed by atoms with Crippen LogP contribution in [0.2, 0.25) is 0 Å². The summed E-state index contributed by atoms with van der Waals surface area (Å²) in [4.78, 5) is 23.1. The van der Waals surface area contributed by atoms with Crippen molar-refractivity contribution in [1.82, 2.24) is 0 Å². The van der Waals surface area contributed by atoms with E-state index in [-0.39, 0.29) is 22.6 Å². The summed E-state index contributed by atoms with van der Waals surface area (Å²) in [6.45, 7) is 0. The Bertz CT molecular complexity index is 705. The number of phenols is 3. The van der Waals surface area contributed by atoms with Crippen molar-refractivity contribution in [3.05, 3.63) is 47.5 Å². The lowest BCUT2D eigenvalue weighted by Crippen LogP contribution is -2.15. The van der Waals surface area contributed by atoms with E-state index in [9.17, 15) is 24.9 Å². The van der Waals surface area contributed by atoms with E-state index < -0.39 is 23.4 Å². The smallest absolute Gasteiger partial charge is 0.337 e. The lowest BCUT2D eigenvalue weighted by molar-refractivity contribution is 0.0697. The van der Waals surface area contributed by atoms with Crippen molar-refractivity contribution in [2.24, 2.45) is 0 Å². The highest BCUT2D eigenvalue weighted by molar-refractivity contribution is 6.10. The third kappa shape index (κ3) is 2.86. The molecule has 0 aliphatic rings. The lowest BCUT2D eigenvalue weighted by atomic mass is 10.1. The van der Waals surface area contributed by atoms with Gasteiger partial charge in [-0.05, 0) is 30.3 Å². The highest BCUT2D eigenvalue weighted by Gasteiger charge is 2.19. The third-order valence-corrected chi connectivity index (χ3v) is 2.73. The molecule has 21 heavy (non-hydrogen) atoms. The number of amides is 1. The number of rotatable bonds is 3. The number of hydrogen-bond acceptors (Lipinski definition) is 5. The predicted molar refractivity (Wildman–Crippen MR) is 72.8 cm³/mol. The first-order valence-electron chi connectivity index (χ1n) is 5.78. The summed E-state index contributed by atoms with van der Waals surface area (Å²) < 4.78 is 0. The van der Waals surface area contributed by atoms with E-state index in [0.29, 0.717) is 0 Å². The zero-order valence-corrected chi connectivity index (χ0v) is 10.6. The topological polar surface area (TPSA) is 127 Å². The number of carbonyl (C=O) groups is 2. The van der Waals surface area contributed by atoms with Gasteiger partial charge in [-0.2, -0.15) is 0 Å². The Balaban J connectivity index is 2.39. The number of phenolic OH excluding ortho intramolecular Hbond substituents is 3. The van der Waals surface area contributed by atoms with E-state index in [2.05, 4.69) is 5.32 Å². The Hall–Kier alpha value is -3.22. The van der Waals surface area contributed by atoms with Crippen molar-refractivity contribution in [2.75, 3.05) is 5.32 Å². The van der Waals surface area contributed by atoms with Crippen LogP contribution in [-0.2, 0) is 0 Å². The number of carbonyl (C=O) groups excluding carboxylic acids is 1. The van der Waals surface area contributed by atoms with E-state index in [1.807, 2.05) is 0 Å². The average molecular weight is 289 g/mol. The Morgan fingerprint density at radius 2 is 1.57 bits per heavy atom. The molecule has 2 rings (SSSR count). The maximum absolute atomic E-state index is 12.0. The van der Waals surface area contributed by atoms with Gasteiger partial charge in [0.05, 0.1) is 11.3 Å². The molecule has 0 saturated carbocycles. The van der Waals surface area contributed by atoms with E-state index in [1.165, 1.54) is 30.3 Å². The number of carboxylic acids is 1. The maximum atomic E-state index is 12.0. The molecule has 0 radical (unpaired) electrons. The van der Waals surface area contributed by atoms with Gasteiger partial charge in [-0.1, -0.05) is 6.07 Å². The molecular formula is C14H11NO6. The molecular weight excluding hydrogens is 278 g/mol. The summed E-state index contributed by atoms with van der Waals surface area (Å²) in [5, 5.41) is 39.7. The van der Waals surface area contributed by atoms with Crippen LogP contribution in [0, 0.1) is 0 Å². The van der Waals surface area contributed by atoms with E-state index >= 15 is 0 Å². The van der Waals surface area contributed by atoms with Crippen LogP contribution in [0.15, 0.2) is 36.4 Å². The van der Waals surface area contributed by atoms with Gasteiger partial charge in [0.1, 0.15) is 22.8 Å². The molecule has 1 amide bonds. The van der Waals surface area contributed by atoms with Crippen LogP contribution >= 0.6 is 0 Å². The van der Waals surface area contributed by atoms with E-state index in [0.717, 1.165) is 6.07 Å². The van der Waals surface area contributed by atoms with Gasteiger partial charge >= 0.3 is 5.97 Å². The molecule has 108 valence electrons. The molecule has 2 aromatic rings. The van der Waals surface area contributed by atoms with Crippen LogP contribution in [0.5, 0.6) is 17.2 Å². The number of carboxylic acid groups (broad SMARTS) is 1. The first kappa shape index (κ1) is 14.2. The number of nitrogens with one attached hydrogen (secondary N) is 1. The lowest BCUT2D eigenvalue weighted by Gasteiger charge is -2.10. The van der Waals surface area contributed by atoms with Crippen molar-refractivity contribution in [3.8, 4) is 17.2 Å². The zero-order chi connectivity index (χ0) is 15.6. The predicted octanol–water partition coefficient (Wildman–Crippen LogP) is 1.75. The SMILES string of the molecule is O=C(O)c1cc(O)ccc1NC(=O)c1c(O)cccc1O. The van der Waals surface area contributed by atoms with Crippen LogP contribution in [0.3, 0.4) is 0 Å². The molecule has 0 unspecified atom stereocenters. The molecule has 0 spiro atoms. The van der Waals surface area contributed by atoms with Crippen molar-refractivity contribution in [1.29, 1.82) is 0 Å². The molecule has 7 heteroatoms. The summed E-state index contributed by atoms with van der Waals surface area (Å²) >= 11 is 0. The third-order valence-electron chi connectivity index (χ3n) is 2.73. The summed E-state index contributed by atoms with van der Waals surface area (Å²) in [5.41, 5.74) is -0.770. The molecule has 0 aliphatic carbocycles. The Morgan fingerprint density at radius 3 is 2.14 bits per heavy atom. The normalized spacial score (nSPS) is 10.1. The summed E-state index contributed by atoms with van der Waals surface area (Å²) in [7, 11) is 0. The standard InChI is InChI=1S/C14H11NO6/c16-7-4-5-9(8(6-7)14(20)21)15-13(19)12-10(17)2-1-3-11(12)18/h1-6,16-18H,(H,15,19)(H,20,21). The summed E-state index contributed by atoms with van der Waals surface area (Å²) in [5.74, 6) is -3.37. The molecule has 0 atom stereocenters. The number of anilines is 1. The number of hydrogen-bond donors (Lipinski definition) is 5. The fraction of sp³-hybridized carbons (Fsp3) is 0.